The number of methoxy groups -OCH3 is 1. The Balaban J connectivity index is 2.76. The number of nitrogens with zero attached hydrogens (tertiary/aromatic N) is 2. The minimum atomic E-state index is -4.71. The number of anilines is 1. The highest BCUT2D eigenvalue weighted by Crippen LogP contribution is 2.39. The number of alkyl halides is 3. The van der Waals surface area contributed by atoms with E-state index in [4.69, 9.17) is 10.5 Å². The summed E-state index contributed by atoms with van der Waals surface area (Å²) >= 11 is 3.00. The Morgan fingerprint density at radius 2 is 2.00 bits per heavy atom. The fourth-order valence-corrected chi connectivity index (χ4v) is 2.30. The van der Waals surface area contributed by atoms with Gasteiger partial charge in [-0.25, -0.2) is 9.07 Å². The summed E-state index contributed by atoms with van der Waals surface area (Å²) in [6.45, 7) is 0. The van der Waals surface area contributed by atoms with Gasteiger partial charge >= 0.3 is 6.18 Å². The Kier molecular flexibility index (Phi) is 3.63. The molecule has 108 valence electrons. The first-order valence-corrected chi connectivity index (χ1v) is 5.99. The second kappa shape index (κ2) is 4.97. The highest BCUT2D eigenvalue weighted by Gasteiger charge is 2.39. The first-order chi connectivity index (χ1) is 9.25. The maximum Gasteiger partial charge on any atom is 0.435 e. The maximum absolute atomic E-state index is 13.3. The van der Waals surface area contributed by atoms with Crippen LogP contribution in [0.2, 0.25) is 0 Å². The van der Waals surface area contributed by atoms with Crippen LogP contribution in [0.15, 0.2) is 22.8 Å². The molecule has 0 radical (unpaired) electrons. The van der Waals surface area contributed by atoms with E-state index in [1.165, 1.54) is 7.11 Å². The number of nitrogens with two attached hydrogens (primary N) is 1. The van der Waals surface area contributed by atoms with Crippen molar-refractivity contribution in [1.29, 1.82) is 0 Å². The summed E-state index contributed by atoms with van der Waals surface area (Å²) < 4.78 is 57.8. The molecule has 2 N–H and O–H groups in total. The molecule has 2 rings (SSSR count). The number of hydrogen-bond donors (Lipinski definition) is 1. The summed E-state index contributed by atoms with van der Waals surface area (Å²) in [4.78, 5) is 0. The van der Waals surface area contributed by atoms with Crippen molar-refractivity contribution in [2.24, 2.45) is 0 Å². The average Bonchev–Trinajstić information content (AvgIpc) is 2.69. The molecule has 0 aliphatic rings. The standard InChI is InChI=1S/C11H8BrF4N3O/c1-20-8-3-5(13)2-6(12)9(8)19-10(11(14,15)16)7(17)4-18-19/h2-4H,17H2,1H3. The topological polar surface area (TPSA) is 53.1 Å². The number of benzene rings is 1. The summed E-state index contributed by atoms with van der Waals surface area (Å²) in [7, 11) is 1.21. The molecule has 2 aromatic rings. The van der Waals surface area contributed by atoms with Gasteiger partial charge in [-0.05, 0) is 22.0 Å². The zero-order valence-electron chi connectivity index (χ0n) is 10.0. The monoisotopic (exact) mass is 353 g/mol. The Morgan fingerprint density at radius 3 is 2.55 bits per heavy atom. The van der Waals surface area contributed by atoms with E-state index in [1.807, 2.05) is 0 Å². The summed E-state index contributed by atoms with van der Waals surface area (Å²) in [5.74, 6) is -0.767. The molecular weight excluding hydrogens is 346 g/mol. The third-order valence-electron chi connectivity index (χ3n) is 2.49. The van der Waals surface area contributed by atoms with Crippen LogP contribution in [0.5, 0.6) is 5.75 Å². The van der Waals surface area contributed by atoms with Crippen molar-refractivity contribution in [2.45, 2.75) is 6.18 Å². The average molecular weight is 354 g/mol. The summed E-state index contributed by atoms with van der Waals surface area (Å²) in [5.41, 5.74) is 3.54. The van der Waals surface area contributed by atoms with E-state index in [0.717, 1.165) is 18.3 Å². The lowest BCUT2D eigenvalue weighted by Gasteiger charge is -2.15. The zero-order chi connectivity index (χ0) is 15.1. The Morgan fingerprint density at radius 1 is 1.35 bits per heavy atom. The van der Waals surface area contributed by atoms with Crippen molar-refractivity contribution >= 4 is 21.6 Å². The van der Waals surface area contributed by atoms with E-state index in [0.29, 0.717) is 4.68 Å². The van der Waals surface area contributed by atoms with Crippen LogP contribution in [0.4, 0.5) is 23.2 Å². The van der Waals surface area contributed by atoms with Crippen LogP contribution in [-0.4, -0.2) is 16.9 Å². The molecule has 0 bridgehead atoms. The molecule has 0 saturated carbocycles. The van der Waals surface area contributed by atoms with Gasteiger partial charge in [0.05, 0.1) is 19.0 Å². The lowest BCUT2D eigenvalue weighted by atomic mass is 10.2. The number of aromatic nitrogens is 2. The third-order valence-corrected chi connectivity index (χ3v) is 3.10. The first kappa shape index (κ1) is 14.6. The normalized spacial score (nSPS) is 11.7. The van der Waals surface area contributed by atoms with Gasteiger partial charge in [0.1, 0.15) is 17.3 Å². The Bertz CT molecular complexity index is 654. The molecule has 0 fully saturated rings. The maximum atomic E-state index is 13.3. The number of halogens is 5. The number of rotatable bonds is 2. The largest absolute Gasteiger partial charge is 0.494 e. The van der Waals surface area contributed by atoms with Crippen LogP contribution in [0.1, 0.15) is 5.69 Å². The summed E-state index contributed by atoms with van der Waals surface area (Å²) in [5, 5.41) is 3.59. The smallest absolute Gasteiger partial charge is 0.435 e. The molecule has 9 heteroatoms. The van der Waals surface area contributed by atoms with Crippen molar-refractivity contribution in [2.75, 3.05) is 12.8 Å². The Hall–Kier alpha value is -1.77. The molecule has 1 heterocycles. The van der Waals surface area contributed by atoms with Crippen molar-refractivity contribution in [3.8, 4) is 11.4 Å². The number of hydrogen-bond acceptors (Lipinski definition) is 3. The lowest BCUT2D eigenvalue weighted by Crippen LogP contribution is -2.16. The van der Waals surface area contributed by atoms with Gasteiger partial charge in [0, 0.05) is 10.5 Å². The van der Waals surface area contributed by atoms with E-state index in [-0.39, 0.29) is 15.9 Å². The molecule has 1 aromatic heterocycles. The number of nitrogen functional groups attached to an aromatic ring is 1. The molecule has 20 heavy (non-hydrogen) atoms. The fourth-order valence-electron chi connectivity index (χ4n) is 1.72. The van der Waals surface area contributed by atoms with E-state index in [2.05, 4.69) is 21.0 Å². The van der Waals surface area contributed by atoms with Gasteiger partial charge in [-0.15, -0.1) is 0 Å². The number of ether oxygens (including phenoxy) is 1. The van der Waals surface area contributed by atoms with Gasteiger partial charge in [0.15, 0.2) is 5.69 Å². The second-order valence-corrected chi connectivity index (χ2v) is 4.65. The van der Waals surface area contributed by atoms with Crippen molar-refractivity contribution < 1.29 is 22.3 Å². The predicted molar refractivity (Wildman–Crippen MR) is 67.2 cm³/mol. The zero-order valence-corrected chi connectivity index (χ0v) is 11.6. The van der Waals surface area contributed by atoms with Gasteiger partial charge in [-0.1, -0.05) is 0 Å². The van der Waals surface area contributed by atoms with Gasteiger partial charge in [0.2, 0.25) is 0 Å². The van der Waals surface area contributed by atoms with E-state index < -0.39 is 23.4 Å². The predicted octanol–water partition coefficient (Wildman–Crippen LogP) is 3.38. The van der Waals surface area contributed by atoms with Crippen molar-refractivity contribution in [3.63, 3.8) is 0 Å². The van der Waals surface area contributed by atoms with Crippen LogP contribution >= 0.6 is 15.9 Å². The molecule has 0 unspecified atom stereocenters. The highest BCUT2D eigenvalue weighted by molar-refractivity contribution is 9.10. The molecule has 0 atom stereocenters. The first-order valence-electron chi connectivity index (χ1n) is 5.19. The van der Waals surface area contributed by atoms with Crippen LogP contribution in [-0.2, 0) is 6.18 Å². The molecule has 1 aromatic carbocycles. The van der Waals surface area contributed by atoms with Gasteiger partial charge in [0.25, 0.3) is 0 Å². The van der Waals surface area contributed by atoms with Crippen LogP contribution in [0.3, 0.4) is 0 Å². The van der Waals surface area contributed by atoms with Crippen LogP contribution in [0, 0.1) is 5.82 Å². The molecule has 0 aliphatic heterocycles. The SMILES string of the molecule is COc1cc(F)cc(Br)c1-n1ncc(N)c1C(F)(F)F. The molecule has 0 spiro atoms. The van der Waals surface area contributed by atoms with Gasteiger partial charge in [-0.2, -0.15) is 18.3 Å². The molecule has 0 saturated heterocycles. The molecule has 0 aliphatic carbocycles. The molecule has 4 nitrogen and oxygen atoms in total. The Labute approximate surface area is 119 Å². The van der Waals surface area contributed by atoms with Crippen LogP contribution in [0.25, 0.3) is 5.69 Å². The second-order valence-electron chi connectivity index (χ2n) is 3.80. The van der Waals surface area contributed by atoms with E-state index in [9.17, 15) is 17.6 Å². The molecule has 0 amide bonds. The van der Waals surface area contributed by atoms with Gasteiger partial charge in [-0.3, -0.25) is 0 Å². The fraction of sp³-hybridized carbons (Fsp3) is 0.182. The van der Waals surface area contributed by atoms with Crippen molar-refractivity contribution in [1.82, 2.24) is 9.78 Å². The van der Waals surface area contributed by atoms with Crippen molar-refractivity contribution in [3.05, 3.63) is 34.3 Å². The summed E-state index contributed by atoms with van der Waals surface area (Å²) in [6, 6.07) is 1.97. The minimum absolute atomic E-state index is 0.0583. The van der Waals surface area contributed by atoms with Crippen LogP contribution < -0.4 is 10.5 Å². The van der Waals surface area contributed by atoms with E-state index in [1.54, 1.807) is 0 Å². The third kappa shape index (κ3) is 2.45. The molecular formula is C11H8BrF4N3O. The highest BCUT2D eigenvalue weighted by atomic mass is 79.9. The minimum Gasteiger partial charge on any atom is -0.494 e. The van der Waals surface area contributed by atoms with E-state index >= 15 is 0 Å². The van der Waals surface area contributed by atoms with Gasteiger partial charge < -0.3 is 10.5 Å². The lowest BCUT2D eigenvalue weighted by molar-refractivity contribution is -0.142. The summed E-state index contributed by atoms with van der Waals surface area (Å²) in [6.07, 6.45) is -3.84. The quantitative estimate of drug-likeness (QED) is 0.842.